The van der Waals surface area contributed by atoms with E-state index in [0.29, 0.717) is 37.9 Å². The topological polar surface area (TPSA) is 243 Å². The van der Waals surface area contributed by atoms with Crippen molar-refractivity contribution in [2.45, 2.75) is 83.0 Å². The number of amides is 3. The number of rotatable bonds is 18. The van der Waals surface area contributed by atoms with E-state index < -0.39 is 60.2 Å². The normalized spacial score (nSPS) is 15.0. The lowest BCUT2D eigenvalue weighted by Gasteiger charge is -2.28. The number of hydrogen-bond donors (Lipinski definition) is 8. The molecule has 0 radical (unpaired) electrons. The Bertz CT molecular complexity index is 894. The van der Waals surface area contributed by atoms with Crippen LogP contribution in [0.4, 0.5) is 0 Å². The molecule has 1 aromatic heterocycles. The number of nitrogens with zero attached hydrogens (tertiary/aromatic N) is 1. The molecule has 0 aliphatic rings. The van der Waals surface area contributed by atoms with Crippen LogP contribution in [0, 0.1) is 5.92 Å². The molecule has 5 atom stereocenters. The van der Waals surface area contributed by atoms with Crippen LogP contribution in [0.1, 0.15) is 58.1 Å². The van der Waals surface area contributed by atoms with Gasteiger partial charge in [-0.15, -0.1) is 0 Å². The molecule has 0 fully saturated rings. The Kier molecular flexibility index (Phi) is 13.9. The second-order valence-electron chi connectivity index (χ2n) is 8.94. The molecule has 0 saturated heterocycles. The molecule has 1 rings (SSSR count). The molecule has 10 N–H and O–H groups in total. The average molecular weight is 526 g/mol. The van der Waals surface area contributed by atoms with Crippen molar-refractivity contribution in [3.8, 4) is 0 Å². The lowest BCUT2D eigenvalue weighted by atomic mass is 9.96. The van der Waals surface area contributed by atoms with Crippen molar-refractivity contribution in [2.24, 2.45) is 17.4 Å². The standard InChI is InChI=1S/C23H39N7O7/c1-3-13(2)19(30-20(33)15(25)6-4-5-9-24)22(35)28-16(7-8-18(31)32)21(34)29-17(23(36)37)10-14-11-26-12-27-14/h11-13,15-17,19H,3-10,24-25H2,1-2H3,(H,26,27)(H,28,35)(H,29,34)(H,30,33)(H,31,32)(H,36,37). The zero-order valence-electron chi connectivity index (χ0n) is 21.2. The summed E-state index contributed by atoms with van der Waals surface area (Å²) in [4.78, 5) is 68.1. The zero-order chi connectivity index (χ0) is 28.0. The highest BCUT2D eigenvalue weighted by Gasteiger charge is 2.32. The fourth-order valence-corrected chi connectivity index (χ4v) is 3.49. The molecule has 0 aliphatic heterocycles. The van der Waals surface area contributed by atoms with E-state index in [0.717, 1.165) is 0 Å². The Morgan fingerprint density at radius 2 is 1.68 bits per heavy atom. The zero-order valence-corrected chi connectivity index (χ0v) is 21.2. The number of hydrogen-bond acceptors (Lipinski definition) is 8. The molecule has 0 spiro atoms. The van der Waals surface area contributed by atoms with E-state index in [-0.39, 0.29) is 18.8 Å². The first-order chi connectivity index (χ1) is 17.5. The van der Waals surface area contributed by atoms with E-state index in [1.165, 1.54) is 12.5 Å². The van der Waals surface area contributed by atoms with Crippen molar-refractivity contribution in [1.29, 1.82) is 0 Å². The third-order valence-corrected chi connectivity index (χ3v) is 5.97. The van der Waals surface area contributed by atoms with Gasteiger partial charge in [-0.25, -0.2) is 9.78 Å². The van der Waals surface area contributed by atoms with Crippen molar-refractivity contribution in [2.75, 3.05) is 6.54 Å². The van der Waals surface area contributed by atoms with Gasteiger partial charge in [-0.05, 0) is 31.7 Å². The van der Waals surface area contributed by atoms with Crippen molar-refractivity contribution < 1.29 is 34.2 Å². The summed E-state index contributed by atoms with van der Waals surface area (Å²) in [5, 5.41) is 26.1. The van der Waals surface area contributed by atoms with E-state index in [4.69, 9.17) is 16.6 Å². The van der Waals surface area contributed by atoms with Crippen LogP contribution < -0.4 is 27.4 Å². The molecular weight excluding hydrogens is 486 g/mol. The Morgan fingerprint density at radius 3 is 2.22 bits per heavy atom. The summed E-state index contributed by atoms with van der Waals surface area (Å²) < 4.78 is 0. The van der Waals surface area contributed by atoms with Gasteiger partial charge in [0.2, 0.25) is 17.7 Å². The molecule has 3 amide bonds. The van der Waals surface area contributed by atoms with Crippen LogP contribution in [0.15, 0.2) is 12.5 Å². The Morgan fingerprint density at radius 1 is 1.00 bits per heavy atom. The number of carbonyl (C=O) groups is 5. The van der Waals surface area contributed by atoms with E-state index in [1.807, 2.05) is 6.92 Å². The van der Waals surface area contributed by atoms with Crippen LogP contribution >= 0.6 is 0 Å². The summed E-state index contributed by atoms with van der Waals surface area (Å²) >= 11 is 0. The van der Waals surface area contributed by atoms with Gasteiger partial charge in [-0.1, -0.05) is 26.7 Å². The highest BCUT2D eigenvalue weighted by atomic mass is 16.4. The molecule has 14 heteroatoms. The summed E-state index contributed by atoms with van der Waals surface area (Å²) in [6, 6.07) is -4.60. The van der Waals surface area contributed by atoms with Gasteiger partial charge in [0.1, 0.15) is 18.1 Å². The third-order valence-electron chi connectivity index (χ3n) is 5.97. The highest BCUT2D eigenvalue weighted by Crippen LogP contribution is 2.11. The highest BCUT2D eigenvalue weighted by molar-refractivity contribution is 5.94. The van der Waals surface area contributed by atoms with Crippen molar-refractivity contribution in [3.05, 3.63) is 18.2 Å². The predicted molar refractivity (Wildman–Crippen MR) is 133 cm³/mol. The van der Waals surface area contributed by atoms with E-state index in [2.05, 4.69) is 25.9 Å². The first-order valence-electron chi connectivity index (χ1n) is 12.3. The SMILES string of the molecule is CCC(C)C(NC(=O)C(N)CCCCN)C(=O)NC(CCC(=O)O)C(=O)NC(Cc1cnc[nH]1)C(=O)O. The fourth-order valence-electron chi connectivity index (χ4n) is 3.49. The van der Waals surface area contributed by atoms with Crippen molar-refractivity contribution in [3.63, 3.8) is 0 Å². The van der Waals surface area contributed by atoms with Crippen LogP contribution in [0.3, 0.4) is 0 Å². The summed E-state index contributed by atoms with van der Waals surface area (Å²) in [6.45, 7) is 4.03. The molecule has 0 saturated carbocycles. The van der Waals surface area contributed by atoms with Gasteiger partial charge >= 0.3 is 11.9 Å². The minimum Gasteiger partial charge on any atom is -0.481 e. The number of aromatic nitrogens is 2. The second kappa shape index (κ2) is 16.3. The molecule has 5 unspecified atom stereocenters. The first kappa shape index (κ1) is 31.5. The minimum absolute atomic E-state index is 0.103. The number of nitrogens with two attached hydrogens (primary N) is 2. The van der Waals surface area contributed by atoms with Gasteiger partial charge in [0.25, 0.3) is 0 Å². The Labute approximate surface area is 215 Å². The number of aliphatic carboxylic acids is 2. The number of carboxylic acids is 2. The lowest BCUT2D eigenvalue weighted by Crippen LogP contribution is -2.58. The van der Waals surface area contributed by atoms with Crippen LogP contribution in [-0.2, 0) is 30.4 Å². The average Bonchev–Trinajstić information content (AvgIpc) is 3.36. The van der Waals surface area contributed by atoms with E-state index >= 15 is 0 Å². The summed E-state index contributed by atoms with van der Waals surface area (Å²) in [6.07, 6.45) is 4.17. The summed E-state index contributed by atoms with van der Waals surface area (Å²) in [7, 11) is 0. The molecule has 0 aliphatic carbocycles. The smallest absolute Gasteiger partial charge is 0.326 e. The largest absolute Gasteiger partial charge is 0.481 e. The maximum absolute atomic E-state index is 13.2. The molecular formula is C23H39N7O7. The van der Waals surface area contributed by atoms with Crippen molar-refractivity contribution in [1.82, 2.24) is 25.9 Å². The maximum Gasteiger partial charge on any atom is 0.326 e. The monoisotopic (exact) mass is 525 g/mol. The lowest BCUT2D eigenvalue weighted by molar-refractivity contribution is -0.143. The molecule has 0 aromatic carbocycles. The third kappa shape index (κ3) is 11.4. The van der Waals surface area contributed by atoms with Gasteiger partial charge in [-0.3, -0.25) is 19.2 Å². The predicted octanol–water partition coefficient (Wildman–Crippen LogP) is -1.14. The van der Waals surface area contributed by atoms with Gasteiger partial charge < -0.3 is 42.6 Å². The van der Waals surface area contributed by atoms with Crippen LogP contribution in [0.2, 0.25) is 0 Å². The number of nitrogens with one attached hydrogen (secondary N) is 4. The van der Waals surface area contributed by atoms with Crippen molar-refractivity contribution >= 4 is 29.7 Å². The molecule has 1 aromatic rings. The van der Waals surface area contributed by atoms with Crippen LogP contribution in [0.25, 0.3) is 0 Å². The quantitative estimate of drug-likeness (QED) is 0.107. The molecule has 14 nitrogen and oxygen atoms in total. The molecule has 0 bridgehead atoms. The molecule has 1 heterocycles. The number of aromatic amines is 1. The maximum atomic E-state index is 13.2. The number of carboxylic acid groups (broad SMARTS) is 2. The van der Waals surface area contributed by atoms with E-state index in [1.54, 1.807) is 6.92 Å². The first-order valence-corrected chi connectivity index (χ1v) is 12.3. The molecule has 37 heavy (non-hydrogen) atoms. The van der Waals surface area contributed by atoms with Gasteiger partial charge in [0, 0.05) is 24.7 Å². The van der Waals surface area contributed by atoms with E-state index in [9.17, 15) is 29.1 Å². The van der Waals surface area contributed by atoms with Gasteiger partial charge in [-0.2, -0.15) is 0 Å². The van der Waals surface area contributed by atoms with Gasteiger partial charge in [0.05, 0.1) is 12.4 Å². The summed E-state index contributed by atoms with van der Waals surface area (Å²) in [5.74, 6) is -4.96. The fraction of sp³-hybridized carbons (Fsp3) is 0.652. The number of H-pyrrole nitrogens is 1. The minimum atomic E-state index is -1.35. The number of imidazole rings is 1. The number of unbranched alkanes of at least 4 members (excludes halogenated alkanes) is 1. The molecule has 208 valence electrons. The van der Waals surface area contributed by atoms with Crippen LogP contribution in [0.5, 0.6) is 0 Å². The second-order valence-corrected chi connectivity index (χ2v) is 8.94. The number of carbonyl (C=O) groups excluding carboxylic acids is 3. The van der Waals surface area contributed by atoms with Crippen LogP contribution in [-0.4, -0.2) is 80.6 Å². The summed E-state index contributed by atoms with van der Waals surface area (Å²) in [5.41, 5.74) is 11.9. The van der Waals surface area contributed by atoms with Gasteiger partial charge in [0.15, 0.2) is 0 Å². The Balaban J connectivity index is 2.99. The Hall–Kier alpha value is -3.52.